The maximum atomic E-state index is 12.4. The Hall–Kier alpha value is -2.96. The number of para-hydroxylation sites is 1. The lowest BCUT2D eigenvalue weighted by molar-refractivity contribution is 0.0602. The Morgan fingerprint density at radius 3 is 2.50 bits per heavy atom. The van der Waals surface area contributed by atoms with Gasteiger partial charge in [0.25, 0.3) is 5.91 Å². The second kappa shape index (κ2) is 8.42. The van der Waals surface area contributed by atoms with E-state index in [2.05, 4.69) is 20.8 Å². The minimum absolute atomic E-state index is 0.180. The number of rotatable bonds is 5. The van der Waals surface area contributed by atoms with Crippen LogP contribution in [0.15, 0.2) is 36.4 Å². The van der Waals surface area contributed by atoms with Crippen molar-refractivity contribution in [2.45, 2.75) is 38.1 Å². The molecule has 1 saturated carbocycles. The van der Waals surface area contributed by atoms with Crippen LogP contribution < -0.4 is 10.6 Å². The van der Waals surface area contributed by atoms with E-state index in [1.807, 2.05) is 0 Å². The van der Waals surface area contributed by atoms with Gasteiger partial charge in [0.05, 0.1) is 18.4 Å². The Bertz CT molecular complexity index is 771. The summed E-state index contributed by atoms with van der Waals surface area (Å²) in [6.07, 6.45) is 6.01. The summed E-state index contributed by atoms with van der Waals surface area (Å²) in [4.78, 5) is 24.2. The maximum absolute atomic E-state index is 12.4. The number of nitrogens with one attached hydrogen (secondary N) is 2. The summed E-state index contributed by atoms with van der Waals surface area (Å²) in [6.45, 7) is 0. The molecule has 1 aromatic carbocycles. The van der Waals surface area contributed by atoms with Gasteiger partial charge in [-0.15, -0.1) is 10.2 Å². The molecule has 0 saturated heterocycles. The molecule has 0 unspecified atom stereocenters. The lowest BCUT2D eigenvalue weighted by Crippen LogP contribution is -2.23. The predicted octanol–water partition coefficient (Wildman–Crippen LogP) is 3.26. The molecule has 136 valence electrons. The van der Waals surface area contributed by atoms with Gasteiger partial charge in [-0.1, -0.05) is 31.4 Å². The summed E-state index contributed by atoms with van der Waals surface area (Å²) in [7, 11) is 1.30. The van der Waals surface area contributed by atoms with E-state index in [9.17, 15) is 9.59 Å². The lowest BCUT2D eigenvalue weighted by Gasteiger charge is -2.22. The number of esters is 1. The number of carbonyl (C=O) groups is 2. The Kier molecular flexibility index (Phi) is 5.78. The third kappa shape index (κ3) is 4.36. The minimum Gasteiger partial charge on any atom is -0.465 e. The number of benzene rings is 1. The zero-order chi connectivity index (χ0) is 18.4. The first kappa shape index (κ1) is 17.8. The minimum atomic E-state index is -0.515. The van der Waals surface area contributed by atoms with Crippen molar-refractivity contribution >= 4 is 23.4 Å². The molecule has 1 heterocycles. The second-order valence-corrected chi connectivity index (χ2v) is 6.27. The summed E-state index contributed by atoms with van der Waals surface area (Å²) < 4.78 is 4.73. The van der Waals surface area contributed by atoms with Gasteiger partial charge in [0.1, 0.15) is 5.82 Å². The standard InChI is InChI=1S/C19H22N4O3/c1-26-19(25)14-9-5-6-10-15(14)21-18(24)16-11-12-17(23-22-16)20-13-7-3-2-4-8-13/h5-6,9-13H,2-4,7-8H2,1H3,(H,20,23)(H,21,24). The highest BCUT2D eigenvalue weighted by atomic mass is 16.5. The van der Waals surface area contributed by atoms with E-state index in [1.165, 1.54) is 26.4 Å². The molecule has 7 nitrogen and oxygen atoms in total. The molecule has 26 heavy (non-hydrogen) atoms. The monoisotopic (exact) mass is 354 g/mol. The smallest absolute Gasteiger partial charge is 0.339 e. The summed E-state index contributed by atoms with van der Waals surface area (Å²) >= 11 is 0. The fourth-order valence-electron chi connectivity index (χ4n) is 3.05. The molecule has 1 aromatic heterocycles. The van der Waals surface area contributed by atoms with Crippen molar-refractivity contribution in [3.8, 4) is 0 Å². The lowest BCUT2D eigenvalue weighted by atomic mass is 9.95. The van der Waals surface area contributed by atoms with Crippen molar-refractivity contribution in [3.05, 3.63) is 47.7 Å². The quantitative estimate of drug-likeness (QED) is 0.801. The Labute approximate surface area is 152 Å². The number of methoxy groups -OCH3 is 1. The molecule has 0 atom stereocenters. The van der Waals surface area contributed by atoms with E-state index in [0.717, 1.165) is 12.8 Å². The van der Waals surface area contributed by atoms with E-state index in [-0.39, 0.29) is 11.3 Å². The van der Waals surface area contributed by atoms with Gasteiger partial charge in [-0.3, -0.25) is 4.79 Å². The van der Waals surface area contributed by atoms with Crippen molar-refractivity contribution in [3.63, 3.8) is 0 Å². The van der Waals surface area contributed by atoms with Crippen LogP contribution in [0.25, 0.3) is 0 Å². The number of nitrogens with zero attached hydrogens (tertiary/aromatic N) is 2. The van der Waals surface area contributed by atoms with Gasteiger partial charge < -0.3 is 15.4 Å². The zero-order valence-corrected chi connectivity index (χ0v) is 14.7. The first-order valence-corrected chi connectivity index (χ1v) is 8.76. The number of anilines is 2. The summed E-state index contributed by atoms with van der Waals surface area (Å²) in [5, 5.41) is 14.1. The van der Waals surface area contributed by atoms with Gasteiger partial charge in [0, 0.05) is 6.04 Å². The molecule has 2 N–H and O–H groups in total. The first-order valence-electron chi connectivity index (χ1n) is 8.76. The highest BCUT2D eigenvalue weighted by molar-refractivity contribution is 6.07. The van der Waals surface area contributed by atoms with Gasteiger partial charge in [-0.25, -0.2) is 4.79 Å². The van der Waals surface area contributed by atoms with E-state index >= 15 is 0 Å². The van der Waals surface area contributed by atoms with Gasteiger partial charge in [0.2, 0.25) is 0 Å². The molecule has 1 aliphatic carbocycles. The van der Waals surface area contributed by atoms with Crippen molar-refractivity contribution in [1.29, 1.82) is 0 Å². The molecule has 2 aromatic rings. The highest BCUT2D eigenvalue weighted by Gasteiger charge is 2.16. The number of aromatic nitrogens is 2. The van der Waals surface area contributed by atoms with Crippen LogP contribution in [0.4, 0.5) is 11.5 Å². The van der Waals surface area contributed by atoms with Crippen LogP contribution >= 0.6 is 0 Å². The number of carbonyl (C=O) groups excluding carboxylic acids is 2. The predicted molar refractivity (Wildman–Crippen MR) is 98.3 cm³/mol. The van der Waals surface area contributed by atoms with Crippen LogP contribution in [0, 0.1) is 0 Å². The van der Waals surface area contributed by atoms with Crippen LogP contribution in [0.2, 0.25) is 0 Å². The van der Waals surface area contributed by atoms with Crippen molar-refractivity contribution in [2.24, 2.45) is 0 Å². The number of hydrogen-bond acceptors (Lipinski definition) is 6. The largest absolute Gasteiger partial charge is 0.465 e. The average Bonchev–Trinajstić information content (AvgIpc) is 2.69. The molecule has 1 aliphatic rings. The molecule has 0 spiro atoms. The van der Waals surface area contributed by atoms with Crippen LogP contribution in [-0.4, -0.2) is 35.2 Å². The van der Waals surface area contributed by atoms with Crippen LogP contribution in [0.1, 0.15) is 53.0 Å². The SMILES string of the molecule is COC(=O)c1ccccc1NC(=O)c1ccc(NC2CCCCC2)nn1. The third-order valence-electron chi connectivity index (χ3n) is 4.43. The van der Waals surface area contributed by atoms with Crippen LogP contribution in [0.5, 0.6) is 0 Å². The molecule has 0 aliphatic heterocycles. The Morgan fingerprint density at radius 2 is 1.81 bits per heavy atom. The molecule has 0 bridgehead atoms. The molecule has 1 fully saturated rings. The van der Waals surface area contributed by atoms with E-state index < -0.39 is 11.9 Å². The summed E-state index contributed by atoms with van der Waals surface area (Å²) in [6, 6.07) is 10.4. The summed E-state index contributed by atoms with van der Waals surface area (Å²) in [5.74, 6) is -0.277. The Balaban J connectivity index is 1.66. The van der Waals surface area contributed by atoms with Gasteiger partial charge >= 0.3 is 5.97 Å². The second-order valence-electron chi connectivity index (χ2n) is 6.27. The van der Waals surface area contributed by atoms with Crippen molar-refractivity contribution in [1.82, 2.24) is 10.2 Å². The van der Waals surface area contributed by atoms with E-state index in [1.54, 1.807) is 36.4 Å². The van der Waals surface area contributed by atoms with E-state index in [0.29, 0.717) is 17.5 Å². The molecular weight excluding hydrogens is 332 g/mol. The van der Waals surface area contributed by atoms with Crippen molar-refractivity contribution < 1.29 is 14.3 Å². The molecule has 0 radical (unpaired) electrons. The zero-order valence-electron chi connectivity index (χ0n) is 14.7. The number of ether oxygens (including phenoxy) is 1. The molecule has 3 rings (SSSR count). The fraction of sp³-hybridized carbons (Fsp3) is 0.368. The Morgan fingerprint density at radius 1 is 1.04 bits per heavy atom. The number of amides is 1. The summed E-state index contributed by atoms with van der Waals surface area (Å²) in [5.41, 5.74) is 0.835. The average molecular weight is 354 g/mol. The van der Waals surface area contributed by atoms with Gasteiger partial charge in [-0.05, 0) is 37.1 Å². The molecular formula is C19H22N4O3. The normalized spacial score (nSPS) is 14.5. The van der Waals surface area contributed by atoms with Crippen LogP contribution in [-0.2, 0) is 4.74 Å². The maximum Gasteiger partial charge on any atom is 0.339 e. The topological polar surface area (TPSA) is 93.2 Å². The van der Waals surface area contributed by atoms with Gasteiger partial charge in [-0.2, -0.15) is 0 Å². The van der Waals surface area contributed by atoms with E-state index in [4.69, 9.17) is 4.74 Å². The molecule has 7 heteroatoms. The van der Waals surface area contributed by atoms with Crippen LogP contribution in [0.3, 0.4) is 0 Å². The highest BCUT2D eigenvalue weighted by Crippen LogP contribution is 2.21. The molecule has 1 amide bonds. The fourth-order valence-corrected chi connectivity index (χ4v) is 3.05. The third-order valence-corrected chi connectivity index (χ3v) is 4.43. The first-order chi connectivity index (χ1) is 12.7. The number of hydrogen-bond donors (Lipinski definition) is 2. The van der Waals surface area contributed by atoms with Gasteiger partial charge in [0.15, 0.2) is 5.69 Å². The van der Waals surface area contributed by atoms with Crippen molar-refractivity contribution in [2.75, 3.05) is 17.7 Å².